The zero-order valence-electron chi connectivity index (χ0n) is 15.9. The van der Waals surface area contributed by atoms with Crippen molar-refractivity contribution in [3.8, 4) is 0 Å². The molecule has 7 heteroatoms. The molecule has 0 spiro atoms. The van der Waals surface area contributed by atoms with Gasteiger partial charge >= 0.3 is 0 Å². The van der Waals surface area contributed by atoms with Gasteiger partial charge in [0.05, 0.1) is 30.9 Å². The molecular weight excluding hydrogens is 374 g/mol. The van der Waals surface area contributed by atoms with Crippen molar-refractivity contribution in [2.75, 3.05) is 39.4 Å². The van der Waals surface area contributed by atoms with Gasteiger partial charge in [-0.2, -0.15) is 0 Å². The highest BCUT2D eigenvalue weighted by molar-refractivity contribution is 7.09. The van der Waals surface area contributed by atoms with Crippen LogP contribution in [0.3, 0.4) is 0 Å². The van der Waals surface area contributed by atoms with E-state index in [-0.39, 0.29) is 11.8 Å². The lowest BCUT2D eigenvalue weighted by Gasteiger charge is -2.26. The molecule has 0 saturated carbocycles. The normalized spacial score (nSPS) is 17.0. The average Bonchev–Trinajstić information content (AvgIpc) is 3.34. The van der Waals surface area contributed by atoms with Gasteiger partial charge in [-0.3, -0.25) is 14.5 Å². The standard InChI is InChI=1S/C21H25N3O3S/c25-20(22-7-3-8-23-9-11-27-12-10-23)18-6-1-4-16-14-24(21(26)19(16)18)15-17-5-2-13-28-17/h1-2,4-6,13H,3,7-12,14-15H2,(H,22,25). The number of nitrogens with zero attached hydrogens (tertiary/aromatic N) is 2. The fraction of sp³-hybridized carbons (Fsp3) is 0.429. The van der Waals surface area contributed by atoms with E-state index in [1.165, 1.54) is 0 Å². The monoisotopic (exact) mass is 399 g/mol. The van der Waals surface area contributed by atoms with Crippen molar-refractivity contribution in [2.24, 2.45) is 0 Å². The van der Waals surface area contributed by atoms with E-state index in [4.69, 9.17) is 4.74 Å². The second kappa shape index (κ2) is 8.86. The maximum atomic E-state index is 12.9. The summed E-state index contributed by atoms with van der Waals surface area (Å²) in [6.07, 6.45) is 0.888. The first-order chi connectivity index (χ1) is 13.7. The molecule has 0 atom stereocenters. The second-order valence-electron chi connectivity index (χ2n) is 7.14. The van der Waals surface area contributed by atoms with E-state index in [9.17, 15) is 9.59 Å². The Hall–Kier alpha value is -2.22. The molecule has 2 aromatic rings. The highest BCUT2D eigenvalue weighted by atomic mass is 32.1. The van der Waals surface area contributed by atoms with Gasteiger partial charge in [-0.05, 0) is 36.0 Å². The van der Waals surface area contributed by atoms with Gasteiger partial charge < -0.3 is 15.0 Å². The maximum Gasteiger partial charge on any atom is 0.255 e. The van der Waals surface area contributed by atoms with Crippen LogP contribution in [0.25, 0.3) is 0 Å². The van der Waals surface area contributed by atoms with Crippen LogP contribution in [0.4, 0.5) is 0 Å². The molecule has 6 nitrogen and oxygen atoms in total. The van der Waals surface area contributed by atoms with Crippen LogP contribution in [0.1, 0.15) is 37.6 Å². The van der Waals surface area contributed by atoms with Crippen LogP contribution in [0.15, 0.2) is 35.7 Å². The number of amides is 2. The molecule has 1 fully saturated rings. The van der Waals surface area contributed by atoms with Gasteiger partial charge in [0.1, 0.15) is 0 Å². The number of carbonyl (C=O) groups is 2. The van der Waals surface area contributed by atoms with E-state index in [1.54, 1.807) is 17.4 Å². The molecule has 0 aliphatic carbocycles. The van der Waals surface area contributed by atoms with E-state index in [0.717, 1.165) is 49.7 Å². The second-order valence-corrected chi connectivity index (χ2v) is 8.18. The smallest absolute Gasteiger partial charge is 0.255 e. The number of hydrogen-bond acceptors (Lipinski definition) is 5. The van der Waals surface area contributed by atoms with E-state index in [0.29, 0.717) is 30.8 Å². The molecule has 1 saturated heterocycles. The van der Waals surface area contributed by atoms with Crippen LogP contribution in [-0.2, 0) is 17.8 Å². The van der Waals surface area contributed by atoms with Crippen LogP contribution in [-0.4, -0.2) is 61.0 Å². The number of hydrogen-bond donors (Lipinski definition) is 1. The molecule has 148 valence electrons. The zero-order valence-corrected chi connectivity index (χ0v) is 16.7. The minimum absolute atomic E-state index is 0.0533. The fourth-order valence-corrected chi connectivity index (χ4v) is 4.47. The number of ether oxygens (including phenoxy) is 1. The van der Waals surface area contributed by atoms with Crippen molar-refractivity contribution in [3.05, 3.63) is 57.3 Å². The van der Waals surface area contributed by atoms with Crippen molar-refractivity contribution < 1.29 is 14.3 Å². The third-order valence-corrected chi connectivity index (χ3v) is 6.09. The summed E-state index contributed by atoms with van der Waals surface area (Å²) in [4.78, 5) is 30.9. The van der Waals surface area contributed by atoms with Crippen LogP contribution < -0.4 is 5.32 Å². The van der Waals surface area contributed by atoms with Crippen molar-refractivity contribution in [3.63, 3.8) is 0 Å². The Bertz CT molecular complexity index is 831. The summed E-state index contributed by atoms with van der Waals surface area (Å²) in [5, 5.41) is 5.00. The lowest BCUT2D eigenvalue weighted by Crippen LogP contribution is -2.38. The molecule has 1 aromatic carbocycles. The quantitative estimate of drug-likeness (QED) is 0.726. The van der Waals surface area contributed by atoms with Crippen LogP contribution >= 0.6 is 11.3 Å². The number of carbonyl (C=O) groups excluding carboxylic acids is 2. The number of fused-ring (bicyclic) bond motifs is 1. The van der Waals surface area contributed by atoms with Crippen molar-refractivity contribution in [2.45, 2.75) is 19.5 Å². The van der Waals surface area contributed by atoms with Gasteiger partial charge in [0, 0.05) is 31.1 Å². The summed E-state index contributed by atoms with van der Waals surface area (Å²) in [5.74, 6) is -0.215. The highest BCUT2D eigenvalue weighted by Crippen LogP contribution is 2.28. The number of rotatable bonds is 7. The van der Waals surface area contributed by atoms with E-state index in [1.807, 2.05) is 34.5 Å². The lowest BCUT2D eigenvalue weighted by molar-refractivity contribution is 0.0374. The number of thiophene rings is 1. The Kier molecular flexibility index (Phi) is 6.04. The zero-order chi connectivity index (χ0) is 19.3. The Labute approximate surface area is 169 Å². The molecule has 4 rings (SSSR count). The molecule has 2 aliphatic heterocycles. The largest absolute Gasteiger partial charge is 0.379 e. The van der Waals surface area contributed by atoms with Gasteiger partial charge in [0.2, 0.25) is 0 Å². The topological polar surface area (TPSA) is 61.9 Å². The Morgan fingerprint density at radius 1 is 1.18 bits per heavy atom. The minimum Gasteiger partial charge on any atom is -0.379 e. The summed E-state index contributed by atoms with van der Waals surface area (Å²) in [6.45, 7) is 6.18. The molecule has 1 N–H and O–H groups in total. The molecule has 0 bridgehead atoms. The molecular formula is C21H25N3O3S. The van der Waals surface area contributed by atoms with E-state index >= 15 is 0 Å². The van der Waals surface area contributed by atoms with Gasteiger partial charge in [0.15, 0.2) is 0 Å². The average molecular weight is 400 g/mol. The molecule has 28 heavy (non-hydrogen) atoms. The molecule has 2 aliphatic rings. The van der Waals surface area contributed by atoms with Gasteiger partial charge in [-0.25, -0.2) is 0 Å². The van der Waals surface area contributed by atoms with Gasteiger partial charge in [-0.1, -0.05) is 18.2 Å². The Morgan fingerprint density at radius 3 is 2.82 bits per heavy atom. The minimum atomic E-state index is -0.162. The van der Waals surface area contributed by atoms with Crippen molar-refractivity contribution in [1.29, 1.82) is 0 Å². The lowest BCUT2D eigenvalue weighted by atomic mass is 10.0. The third kappa shape index (κ3) is 4.27. The number of morpholine rings is 1. The first-order valence-corrected chi connectivity index (χ1v) is 10.6. The first kappa shape index (κ1) is 19.1. The first-order valence-electron chi connectivity index (χ1n) is 9.74. The van der Waals surface area contributed by atoms with Crippen LogP contribution in [0.5, 0.6) is 0 Å². The summed E-state index contributed by atoms with van der Waals surface area (Å²) in [6, 6.07) is 9.58. The summed E-state index contributed by atoms with van der Waals surface area (Å²) in [7, 11) is 0. The number of nitrogens with one attached hydrogen (secondary N) is 1. The highest BCUT2D eigenvalue weighted by Gasteiger charge is 2.31. The predicted octanol–water partition coefficient (Wildman–Crippen LogP) is 2.36. The van der Waals surface area contributed by atoms with E-state index in [2.05, 4.69) is 10.2 Å². The summed E-state index contributed by atoms with van der Waals surface area (Å²) >= 11 is 1.64. The molecule has 2 amide bonds. The predicted molar refractivity (Wildman–Crippen MR) is 109 cm³/mol. The van der Waals surface area contributed by atoms with Crippen LogP contribution in [0, 0.1) is 0 Å². The van der Waals surface area contributed by atoms with Gasteiger partial charge in [0.25, 0.3) is 11.8 Å². The summed E-state index contributed by atoms with van der Waals surface area (Å²) in [5.41, 5.74) is 1.98. The van der Waals surface area contributed by atoms with Crippen LogP contribution in [0.2, 0.25) is 0 Å². The Balaban J connectivity index is 1.35. The summed E-state index contributed by atoms with van der Waals surface area (Å²) < 4.78 is 5.35. The Morgan fingerprint density at radius 2 is 2.04 bits per heavy atom. The SMILES string of the molecule is O=C(NCCCN1CCOCC1)c1cccc2c1C(=O)N(Cc1cccs1)C2. The maximum absolute atomic E-state index is 12.9. The third-order valence-electron chi connectivity index (χ3n) is 5.22. The molecule has 0 unspecified atom stereocenters. The molecule has 0 radical (unpaired) electrons. The van der Waals surface area contributed by atoms with Crippen molar-refractivity contribution >= 4 is 23.2 Å². The van der Waals surface area contributed by atoms with Gasteiger partial charge in [-0.15, -0.1) is 11.3 Å². The fourth-order valence-electron chi connectivity index (χ4n) is 3.75. The van der Waals surface area contributed by atoms with E-state index < -0.39 is 0 Å². The number of benzene rings is 1. The molecule has 3 heterocycles. The van der Waals surface area contributed by atoms with Crippen molar-refractivity contribution in [1.82, 2.24) is 15.1 Å². The molecule has 1 aromatic heterocycles.